The molecule has 2 fully saturated rings. The SMILES string of the molecule is CCOc1ccc(S(=O)(=O)N(C)C)cc1C1(C(=O)N2CCCC(C(N)=O)C2)NC(c2ccc(Cl)cc2)C(c2ccc(Cl)cc2)N1. The number of piperidine rings is 1. The van der Waals surface area contributed by atoms with Crippen molar-refractivity contribution >= 4 is 45.0 Å². The molecule has 2 aliphatic heterocycles. The Morgan fingerprint density at radius 2 is 1.53 bits per heavy atom. The number of halogens is 2. The van der Waals surface area contributed by atoms with Crippen LogP contribution in [0.1, 0.15) is 48.5 Å². The molecule has 3 unspecified atom stereocenters. The van der Waals surface area contributed by atoms with Gasteiger partial charge in [0.2, 0.25) is 15.9 Å². The molecule has 13 heteroatoms. The molecule has 0 aliphatic carbocycles. The highest BCUT2D eigenvalue weighted by Crippen LogP contribution is 2.45. The lowest BCUT2D eigenvalue weighted by atomic mass is 9.92. The number of hydrogen-bond acceptors (Lipinski definition) is 7. The number of nitrogens with one attached hydrogen (secondary N) is 2. The van der Waals surface area contributed by atoms with Gasteiger partial charge >= 0.3 is 0 Å². The largest absolute Gasteiger partial charge is 0.493 e. The average Bonchev–Trinajstić information content (AvgIpc) is 3.43. The first-order valence-electron chi connectivity index (χ1n) is 14.7. The molecule has 0 aromatic heterocycles. The molecule has 5 rings (SSSR count). The minimum absolute atomic E-state index is 0.00614. The van der Waals surface area contributed by atoms with Crippen molar-refractivity contribution in [1.29, 1.82) is 0 Å². The van der Waals surface area contributed by atoms with Crippen LogP contribution in [-0.4, -0.2) is 63.2 Å². The van der Waals surface area contributed by atoms with Gasteiger partial charge in [-0.15, -0.1) is 0 Å². The molecular weight excluding hydrogens is 637 g/mol. The Bertz CT molecular complexity index is 1610. The highest BCUT2D eigenvalue weighted by molar-refractivity contribution is 7.89. The van der Waals surface area contributed by atoms with Gasteiger partial charge in [0.25, 0.3) is 5.91 Å². The molecule has 0 spiro atoms. The van der Waals surface area contributed by atoms with Crippen molar-refractivity contribution in [1.82, 2.24) is 19.8 Å². The quantitative estimate of drug-likeness (QED) is 0.310. The maximum Gasteiger partial charge on any atom is 0.262 e. The summed E-state index contributed by atoms with van der Waals surface area (Å²) in [4.78, 5) is 28.8. The summed E-state index contributed by atoms with van der Waals surface area (Å²) in [7, 11) is -0.997. The van der Waals surface area contributed by atoms with Gasteiger partial charge in [0, 0.05) is 42.8 Å². The zero-order valence-electron chi connectivity index (χ0n) is 25.3. The number of hydrogen-bond donors (Lipinski definition) is 3. The molecule has 4 N–H and O–H groups in total. The number of benzene rings is 3. The Hall–Kier alpha value is -3.19. The number of nitrogens with two attached hydrogens (primary N) is 1. The third-order valence-electron chi connectivity index (χ3n) is 8.40. The van der Waals surface area contributed by atoms with Crippen molar-refractivity contribution in [2.45, 2.75) is 42.4 Å². The normalized spacial score (nSPS) is 23.7. The van der Waals surface area contributed by atoms with Crippen LogP contribution < -0.4 is 21.1 Å². The van der Waals surface area contributed by atoms with Crippen molar-refractivity contribution in [3.05, 3.63) is 93.5 Å². The van der Waals surface area contributed by atoms with E-state index >= 15 is 0 Å². The minimum atomic E-state index is -3.89. The summed E-state index contributed by atoms with van der Waals surface area (Å²) in [6.07, 6.45) is 1.17. The van der Waals surface area contributed by atoms with Crippen LogP contribution in [0.15, 0.2) is 71.6 Å². The molecule has 240 valence electrons. The topological polar surface area (TPSA) is 134 Å². The predicted molar refractivity (Wildman–Crippen MR) is 173 cm³/mol. The van der Waals surface area contributed by atoms with Gasteiger partial charge in [-0.05, 0) is 73.4 Å². The molecule has 45 heavy (non-hydrogen) atoms. The van der Waals surface area contributed by atoms with Crippen molar-refractivity contribution in [3.63, 3.8) is 0 Å². The van der Waals surface area contributed by atoms with Crippen LogP contribution in [0, 0.1) is 5.92 Å². The Morgan fingerprint density at radius 3 is 2.02 bits per heavy atom. The molecule has 10 nitrogen and oxygen atoms in total. The van der Waals surface area contributed by atoms with Crippen molar-refractivity contribution in [2.24, 2.45) is 11.7 Å². The van der Waals surface area contributed by atoms with Gasteiger partial charge in [0.1, 0.15) is 5.75 Å². The first kappa shape index (κ1) is 33.2. The number of amides is 2. The number of ether oxygens (including phenoxy) is 1. The number of primary amides is 1. The van der Waals surface area contributed by atoms with E-state index in [9.17, 15) is 18.0 Å². The number of likely N-dealkylation sites (tertiary alicyclic amines) is 1. The molecule has 3 aromatic rings. The molecule has 2 heterocycles. The van der Waals surface area contributed by atoms with Gasteiger partial charge in [0.05, 0.1) is 29.5 Å². The van der Waals surface area contributed by atoms with Crippen molar-refractivity contribution in [3.8, 4) is 5.75 Å². The lowest BCUT2D eigenvalue weighted by molar-refractivity contribution is -0.142. The molecule has 0 saturated carbocycles. The lowest BCUT2D eigenvalue weighted by Crippen LogP contribution is -2.61. The molecule has 0 radical (unpaired) electrons. The predicted octanol–water partition coefficient (Wildman–Crippen LogP) is 4.19. The van der Waals surface area contributed by atoms with Crippen LogP contribution in [0.3, 0.4) is 0 Å². The van der Waals surface area contributed by atoms with E-state index in [1.165, 1.54) is 26.2 Å². The number of nitrogens with zero attached hydrogens (tertiary/aromatic N) is 2. The fourth-order valence-corrected chi connectivity index (χ4v) is 7.23. The highest BCUT2D eigenvalue weighted by Gasteiger charge is 2.55. The monoisotopic (exact) mass is 673 g/mol. The van der Waals surface area contributed by atoms with E-state index in [1.807, 2.05) is 31.2 Å². The van der Waals surface area contributed by atoms with Crippen LogP contribution in [-0.2, 0) is 25.3 Å². The van der Waals surface area contributed by atoms with Gasteiger partial charge in [-0.3, -0.25) is 20.2 Å². The third-order valence-corrected chi connectivity index (χ3v) is 10.7. The summed E-state index contributed by atoms with van der Waals surface area (Å²) in [5.74, 6) is -1.03. The maximum atomic E-state index is 15.0. The standard InChI is InChI=1S/C32H37Cl2N5O5S/c1-4-44-27-16-15-25(45(42,43)38(2)3)18-26(27)32(31(41)39-17-5-6-22(19-39)30(35)40)36-28(20-7-11-23(33)12-8-20)29(37-32)21-9-13-24(34)14-10-21/h7-16,18,22,28-29,36-37H,4-6,17,19H2,1-3H3,(H2,35,40). The van der Waals surface area contributed by atoms with Gasteiger partial charge in [-0.25, -0.2) is 12.7 Å². The van der Waals surface area contributed by atoms with Crippen molar-refractivity contribution < 1.29 is 22.7 Å². The van der Waals surface area contributed by atoms with E-state index < -0.39 is 39.6 Å². The maximum absolute atomic E-state index is 15.0. The van der Waals surface area contributed by atoms with Gasteiger partial charge in [0.15, 0.2) is 5.66 Å². The van der Waals surface area contributed by atoms with Crippen LogP contribution in [0.4, 0.5) is 0 Å². The zero-order chi connectivity index (χ0) is 32.5. The Kier molecular flexibility index (Phi) is 9.79. The second-order valence-electron chi connectivity index (χ2n) is 11.5. The fraction of sp³-hybridized carbons (Fsp3) is 0.375. The van der Waals surface area contributed by atoms with Crippen molar-refractivity contribution in [2.75, 3.05) is 33.8 Å². The smallest absolute Gasteiger partial charge is 0.262 e. The van der Waals surface area contributed by atoms with E-state index in [4.69, 9.17) is 33.7 Å². The zero-order valence-corrected chi connectivity index (χ0v) is 27.6. The van der Waals surface area contributed by atoms with E-state index in [0.717, 1.165) is 15.4 Å². The summed E-state index contributed by atoms with van der Waals surface area (Å²) in [6, 6.07) is 18.2. The minimum Gasteiger partial charge on any atom is -0.493 e. The number of carbonyl (C=O) groups is 2. The van der Waals surface area contributed by atoms with Crippen LogP contribution in [0.5, 0.6) is 5.75 Å². The van der Waals surface area contributed by atoms with E-state index in [0.29, 0.717) is 40.7 Å². The Labute approximate surface area is 273 Å². The first-order chi connectivity index (χ1) is 21.4. The number of rotatable bonds is 9. The third kappa shape index (κ3) is 6.56. The summed E-state index contributed by atoms with van der Waals surface area (Å²) < 4.78 is 33.9. The van der Waals surface area contributed by atoms with E-state index in [2.05, 4.69) is 10.6 Å². The van der Waals surface area contributed by atoms with Crippen LogP contribution >= 0.6 is 23.2 Å². The molecule has 3 atom stereocenters. The average molecular weight is 675 g/mol. The Morgan fingerprint density at radius 1 is 0.978 bits per heavy atom. The summed E-state index contributed by atoms with van der Waals surface area (Å²) in [5, 5.41) is 8.28. The van der Waals surface area contributed by atoms with Crippen LogP contribution in [0.2, 0.25) is 10.0 Å². The number of carbonyl (C=O) groups excluding carboxylic acids is 2. The van der Waals surface area contributed by atoms with Crippen LogP contribution in [0.25, 0.3) is 0 Å². The second kappa shape index (κ2) is 13.3. The second-order valence-corrected chi connectivity index (χ2v) is 14.5. The molecular formula is C32H37Cl2N5O5S. The van der Waals surface area contributed by atoms with E-state index in [-0.39, 0.29) is 24.0 Å². The van der Waals surface area contributed by atoms with E-state index in [1.54, 1.807) is 35.2 Å². The molecule has 0 bridgehead atoms. The van der Waals surface area contributed by atoms with Gasteiger partial charge < -0.3 is 15.4 Å². The first-order valence-corrected chi connectivity index (χ1v) is 16.9. The van der Waals surface area contributed by atoms with Gasteiger partial charge in [-0.1, -0.05) is 47.5 Å². The Balaban J connectivity index is 1.75. The molecule has 3 aromatic carbocycles. The highest BCUT2D eigenvalue weighted by atomic mass is 35.5. The summed E-state index contributed by atoms with van der Waals surface area (Å²) >= 11 is 12.5. The number of sulfonamides is 1. The molecule has 2 amide bonds. The lowest BCUT2D eigenvalue weighted by Gasteiger charge is -2.39. The summed E-state index contributed by atoms with van der Waals surface area (Å²) in [5.41, 5.74) is 5.98. The molecule has 2 aliphatic rings. The summed E-state index contributed by atoms with van der Waals surface area (Å²) in [6.45, 7) is 2.61. The molecule has 2 saturated heterocycles. The van der Waals surface area contributed by atoms with Gasteiger partial charge in [-0.2, -0.15) is 0 Å². The fourth-order valence-electron chi connectivity index (χ4n) is 6.05.